The molecule has 226 valence electrons. The van der Waals surface area contributed by atoms with Crippen LogP contribution in [-0.2, 0) is 29.6 Å². The molecule has 0 saturated carbocycles. The normalized spacial score (nSPS) is 18.6. The molecule has 1 aliphatic rings. The number of rotatable bonds is 5. The minimum Gasteiger partial charge on any atom is -0.344 e. The van der Waals surface area contributed by atoms with Crippen LogP contribution in [0.5, 0.6) is 0 Å². The van der Waals surface area contributed by atoms with Gasteiger partial charge in [0.15, 0.2) is 0 Å². The van der Waals surface area contributed by atoms with Crippen LogP contribution < -0.4 is 10.6 Å². The van der Waals surface area contributed by atoms with Gasteiger partial charge in [-0.2, -0.15) is 10.2 Å². The van der Waals surface area contributed by atoms with E-state index in [0.717, 1.165) is 16.1 Å². The van der Waals surface area contributed by atoms with Crippen LogP contribution in [-0.4, -0.2) is 66.3 Å². The molecular weight excluding hydrogens is 564 g/mol. The number of thiophene rings is 1. The van der Waals surface area contributed by atoms with Gasteiger partial charge >= 0.3 is 0 Å². The van der Waals surface area contributed by atoms with Gasteiger partial charge < -0.3 is 15.5 Å². The van der Waals surface area contributed by atoms with Gasteiger partial charge in [0.05, 0.1) is 17.5 Å². The number of nitrogens with zero attached hydrogens (tertiary/aromatic N) is 6. The van der Waals surface area contributed by atoms with E-state index >= 15 is 0 Å². The number of benzene rings is 1. The zero-order valence-electron chi connectivity index (χ0n) is 25.0. The van der Waals surface area contributed by atoms with Crippen LogP contribution in [0.25, 0.3) is 10.6 Å². The van der Waals surface area contributed by atoms with E-state index in [4.69, 9.17) is 0 Å². The fraction of sp³-hybridized carbons (Fsp3) is 0.419. The van der Waals surface area contributed by atoms with Gasteiger partial charge in [-0.1, -0.05) is 50.2 Å². The third-order valence-electron chi connectivity index (χ3n) is 7.56. The number of carbonyl (C=O) groups excluding carboxylic acids is 3. The minimum absolute atomic E-state index is 0.00451. The van der Waals surface area contributed by atoms with Crippen molar-refractivity contribution in [3.8, 4) is 10.6 Å². The molecule has 0 saturated heterocycles. The molecule has 5 rings (SSSR count). The van der Waals surface area contributed by atoms with E-state index in [1.54, 1.807) is 32.6 Å². The Labute approximate surface area is 255 Å². The number of hydrogen-bond acceptors (Lipinski definition) is 7. The lowest BCUT2D eigenvalue weighted by Gasteiger charge is -2.28. The van der Waals surface area contributed by atoms with Crippen LogP contribution in [0.15, 0.2) is 53.9 Å². The average Bonchev–Trinajstić information content (AvgIpc) is 3.73. The minimum atomic E-state index is -0.764. The number of fused-ring (bicyclic) bond motifs is 1. The molecule has 4 aromatic rings. The number of aromatic nitrogens is 5. The van der Waals surface area contributed by atoms with E-state index < -0.39 is 12.1 Å². The monoisotopic (exact) mass is 602 g/mol. The van der Waals surface area contributed by atoms with Crippen molar-refractivity contribution >= 4 is 29.1 Å². The number of amides is 3. The summed E-state index contributed by atoms with van der Waals surface area (Å²) in [6.07, 6.45) is 0.965. The van der Waals surface area contributed by atoms with E-state index in [0.29, 0.717) is 49.8 Å². The SMILES string of the molecule is Cc1nc2n(n1)CCN(C(=O)c1cc(-c3cccs3)nn1C)CCCC(=O)N[C@@H](Cc1ccccc1)C(=O)N[C@@H]2C(C)C. The maximum atomic E-state index is 13.9. The van der Waals surface area contributed by atoms with E-state index in [1.807, 2.05) is 74.7 Å². The van der Waals surface area contributed by atoms with Gasteiger partial charge in [0.1, 0.15) is 29.1 Å². The molecule has 11 nitrogen and oxygen atoms in total. The Morgan fingerprint density at radius 3 is 2.56 bits per heavy atom. The second kappa shape index (κ2) is 13.3. The van der Waals surface area contributed by atoms with E-state index in [1.165, 1.54) is 0 Å². The molecule has 2 atom stereocenters. The third kappa shape index (κ3) is 7.19. The molecule has 0 radical (unpaired) electrons. The lowest BCUT2D eigenvalue weighted by Crippen LogP contribution is -2.50. The summed E-state index contributed by atoms with van der Waals surface area (Å²) in [6, 6.07) is 14.2. The highest BCUT2D eigenvalue weighted by Crippen LogP contribution is 2.25. The highest BCUT2D eigenvalue weighted by atomic mass is 32.1. The summed E-state index contributed by atoms with van der Waals surface area (Å²) in [5.74, 6) is 0.527. The van der Waals surface area contributed by atoms with Crippen LogP contribution in [0.1, 0.15) is 60.4 Å². The van der Waals surface area contributed by atoms with Crippen LogP contribution >= 0.6 is 11.3 Å². The predicted octanol–water partition coefficient (Wildman–Crippen LogP) is 3.53. The molecule has 4 heterocycles. The smallest absolute Gasteiger partial charge is 0.272 e. The van der Waals surface area contributed by atoms with Gasteiger partial charge in [-0.15, -0.1) is 11.3 Å². The van der Waals surface area contributed by atoms with Crippen molar-refractivity contribution in [1.82, 2.24) is 40.1 Å². The largest absolute Gasteiger partial charge is 0.344 e. The number of nitrogens with one attached hydrogen (secondary N) is 2. The molecule has 1 aromatic carbocycles. The zero-order chi connectivity index (χ0) is 30.5. The van der Waals surface area contributed by atoms with Gasteiger partial charge in [0, 0.05) is 33.0 Å². The summed E-state index contributed by atoms with van der Waals surface area (Å²) < 4.78 is 3.40. The van der Waals surface area contributed by atoms with Crippen LogP contribution in [0, 0.1) is 12.8 Å². The van der Waals surface area contributed by atoms with Crippen molar-refractivity contribution in [3.63, 3.8) is 0 Å². The molecule has 3 aromatic heterocycles. The first-order chi connectivity index (χ1) is 20.7. The number of carbonyl (C=O) groups is 3. The molecule has 0 aliphatic carbocycles. The van der Waals surface area contributed by atoms with Gasteiger partial charge in [-0.05, 0) is 42.3 Å². The Bertz CT molecular complexity index is 1560. The van der Waals surface area contributed by atoms with Gasteiger partial charge in [-0.3, -0.25) is 19.1 Å². The van der Waals surface area contributed by atoms with Crippen LogP contribution in [0.3, 0.4) is 0 Å². The summed E-state index contributed by atoms with van der Waals surface area (Å²) >= 11 is 1.57. The Hall–Kier alpha value is -4.32. The quantitative estimate of drug-likeness (QED) is 0.360. The molecular formula is C31H38N8O3S. The highest BCUT2D eigenvalue weighted by molar-refractivity contribution is 7.13. The Balaban J connectivity index is 1.44. The van der Waals surface area contributed by atoms with Gasteiger partial charge in [0.2, 0.25) is 11.8 Å². The third-order valence-corrected chi connectivity index (χ3v) is 8.45. The molecule has 43 heavy (non-hydrogen) atoms. The standard InChI is InChI=1S/C31H38N8O3S/c1-20(2)28-29-32-21(3)35-39(29)16-15-38(31(42)25-19-23(36-37(25)4)26-12-9-17-43-26)14-8-13-27(40)33-24(30(41)34-28)18-22-10-6-5-7-11-22/h5-7,9-12,17,19-20,24,28H,8,13-16,18H2,1-4H3,(H,33,40)(H,34,41)/t24-,28+/m0/s1. The van der Waals surface area contributed by atoms with Gasteiger partial charge in [0.25, 0.3) is 5.91 Å². The summed E-state index contributed by atoms with van der Waals surface area (Å²) in [4.78, 5) is 48.1. The molecule has 0 unspecified atom stereocenters. The van der Waals surface area contributed by atoms with Crippen molar-refractivity contribution in [2.45, 2.75) is 58.7 Å². The van der Waals surface area contributed by atoms with Crippen LogP contribution in [0.2, 0.25) is 0 Å². The summed E-state index contributed by atoms with van der Waals surface area (Å²) in [6.45, 7) is 6.93. The van der Waals surface area contributed by atoms with E-state index in [9.17, 15) is 14.4 Å². The maximum Gasteiger partial charge on any atom is 0.272 e. The molecule has 0 spiro atoms. The van der Waals surface area contributed by atoms with Crippen molar-refractivity contribution in [3.05, 3.63) is 76.8 Å². The van der Waals surface area contributed by atoms with Crippen molar-refractivity contribution < 1.29 is 14.4 Å². The highest BCUT2D eigenvalue weighted by Gasteiger charge is 2.30. The summed E-state index contributed by atoms with van der Waals surface area (Å²) in [7, 11) is 1.77. The molecule has 0 bridgehead atoms. The van der Waals surface area contributed by atoms with Crippen LogP contribution in [0.4, 0.5) is 0 Å². The zero-order valence-corrected chi connectivity index (χ0v) is 25.8. The molecule has 0 fully saturated rings. The van der Waals surface area contributed by atoms with Crippen molar-refractivity contribution in [1.29, 1.82) is 0 Å². The second-order valence-corrected chi connectivity index (χ2v) is 12.1. The molecule has 12 heteroatoms. The molecule has 3 amide bonds. The van der Waals surface area contributed by atoms with E-state index in [2.05, 4.69) is 25.8 Å². The second-order valence-electron chi connectivity index (χ2n) is 11.2. The number of aryl methyl sites for hydroxylation is 2. The fourth-order valence-electron chi connectivity index (χ4n) is 5.31. The van der Waals surface area contributed by atoms with Gasteiger partial charge in [-0.25, -0.2) is 9.67 Å². The Morgan fingerprint density at radius 2 is 1.84 bits per heavy atom. The fourth-order valence-corrected chi connectivity index (χ4v) is 5.99. The van der Waals surface area contributed by atoms with E-state index in [-0.39, 0.29) is 30.1 Å². The number of hydrogen-bond donors (Lipinski definition) is 2. The van der Waals surface area contributed by atoms with Crippen molar-refractivity contribution in [2.24, 2.45) is 13.0 Å². The lowest BCUT2D eigenvalue weighted by atomic mass is 10.0. The average molecular weight is 603 g/mol. The first kappa shape index (κ1) is 30.1. The summed E-state index contributed by atoms with van der Waals surface area (Å²) in [5, 5.41) is 17.3. The lowest BCUT2D eigenvalue weighted by molar-refractivity contribution is -0.129. The first-order valence-electron chi connectivity index (χ1n) is 14.6. The Morgan fingerprint density at radius 1 is 1.05 bits per heavy atom. The topological polar surface area (TPSA) is 127 Å². The predicted molar refractivity (Wildman–Crippen MR) is 164 cm³/mol. The Kier molecular flexibility index (Phi) is 9.34. The van der Waals surface area contributed by atoms with Crippen molar-refractivity contribution in [2.75, 3.05) is 13.1 Å². The first-order valence-corrected chi connectivity index (χ1v) is 15.5. The molecule has 1 aliphatic heterocycles. The molecule has 2 N–H and O–H groups in total. The summed E-state index contributed by atoms with van der Waals surface area (Å²) in [5.41, 5.74) is 2.16. The maximum absolute atomic E-state index is 13.9.